The van der Waals surface area contributed by atoms with Crippen LogP contribution in [0.5, 0.6) is 0 Å². The predicted octanol–water partition coefficient (Wildman–Crippen LogP) is 3.20. The number of hydrogen-bond acceptors (Lipinski definition) is 1. The largest absolute Gasteiger partial charge is 0.350 e. The summed E-state index contributed by atoms with van der Waals surface area (Å²) in [5.41, 5.74) is 0. The van der Waals surface area contributed by atoms with Crippen LogP contribution in [0.25, 0.3) is 0 Å². The lowest BCUT2D eigenvalue weighted by atomic mass is 10.2. The molecule has 0 atom stereocenters. The Hall–Kier alpha value is -1.05. The Morgan fingerprint density at radius 2 is 2.00 bits per heavy atom. The maximum atomic E-state index is 11.2. The molecule has 0 unspecified atom stereocenters. The van der Waals surface area contributed by atoms with Crippen LogP contribution in [-0.2, 0) is 4.79 Å². The summed E-state index contributed by atoms with van der Waals surface area (Å²) in [5, 5.41) is 2.79. The first-order valence-corrected chi connectivity index (χ1v) is 5.80. The number of carbonyl (C=O) groups excluding carboxylic acids is 1. The highest BCUT2D eigenvalue weighted by atomic mass is 16.1. The molecule has 15 heavy (non-hydrogen) atoms. The van der Waals surface area contributed by atoms with Crippen molar-refractivity contribution in [2.24, 2.45) is 0 Å². The topological polar surface area (TPSA) is 29.1 Å². The molecule has 0 fully saturated rings. The van der Waals surface area contributed by atoms with Crippen LogP contribution < -0.4 is 5.32 Å². The van der Waals surface area contributed by atoms with E-state index in [1.54, 1.807) is 12.2 Å². The van der Waals surface area contributed by atoms with E-state index in [0.29, 0.717) is 0 Å². The van der Waals surface area contributed by atoms with E-state index in [0.717, 1.165) is 6.42 Å². The molecule has 0 spiro atoms. The van der Waals surface area contributed by atoms with Crippen LogP contribution in [0, 0.1) is 0 Å². The van der Waals surface area contributed by atoms with Crippen molar-refractivity contribution >= 4 is 5.91 Å². The molecule has 0 saturated heterocycles. The molecule has 1 N–H and O–H groups in total. The number of carbonyl (C=O) groups is 1. The number of allylic oxidation sites excluding steroid dienone is 3. The van der Waals surface area contributed by atoms with Gasteiger partial charge in [0.15, 0.2) is 0 Å². The van der Waals surface area contributed by atoms with Crippen LogP contribution in [0.3, 0.4) is 0 Å². The van der Waals surface area contributed by atoms with Crippen molar-refractivity contribution < 1.29 is 4.79 Å². The van der Waals surface area contributed by atoms with Gasteiger partial charge < -0.3 is 5.32 Å². The third-order valence-corrected chi connectivity index (χ3v) is 1.90. The number of hydrogen-bond donors (Lipinski definition) is 1. The molecule has 0 aliphatic carbocycles. The van der Waals surface area contributed by atoms with Crippen LogP contribution >= 0.6 is 0 Å². The van der Waals surface area contributed by atoms with Gasteiger partial charge in [-0.2, -0.15) is 0 Å². The fourth-order valence-corrected chi connectivity index (χ4v) is 1.16. The Balaban J connectivity index is 3.55. The zero-order valence-electron chi connectivity index (χ0n) is 10.1. The lowest BCUT2D eigenvalue weighted by Crippen LogP contribution is -2.28. The molecule has 0 aromatic carbocycles. The van der Waals surface area contributed by atoms with Gasteiger partial charge in [-0.1, -0.05) is 38.0 Å². The Kier molecular flexibility index (Phi) is 8.84. The van der Waals surface area contributed by atoms with E-state index in [4.69, 9.17) is 0 Å². The summed E-state index contributed by atoms with van der Waals surface area (Å²) in [6.07, 6.45) is 12.3. The average molecular weight is 209 g/mol. The van der Waals surface area contributed by atoms with Gasteiger partial charge in [0.25, 0.3) is 0 Å². The number of amides is 1. The van der Waals surface area contributed by atoms with Crippen molar-refractivity contribution in [1.29, 1.82) is 0 Å². The Morgan fingerprint density at radius 1 is 1.27 bits per heavy atom. The minimum Gasteiger partial charge on any atom is -0.350 e. The van der Waals surface area contributed by atoms with Gasteiger partial charge in [0.2, 0.25) is 5.91 Å². The highest BCUT2D eigenvalue weighted by Crippen LogP contribution is 1.99. The Bertz CT molecular complexity index is 217. The van der Waals surface area contributed by atoms with E-state index < -0.39 is 0 Å². The smallest absolute Gasteiger partial charge is 0.244 e. The second kappa shape index (κ2) is 9.50. The first-order valence-electron chi connectivity index (χ1n) is 5.80. The first-order chi connectivity index (χ1) is 7.16. The highest BCUT2D eigenvalue weighted by Gasteiger charge is 1.95. The van der Waals surface area contributed by atoms with Gasteiger partial charge in [0.05, 0.1) is 0 Å². The normalized spacial score (nSPS) is 11.7. The van der Waals surface area contributed by atoms with Crippen LogP contribution in [0.2, 0.25) is 0 Å². The minimum absolute atomic E-state index is 0.0248. The first kappa shape index (κ1) is 13.9. The number of unbranched alkanes of at least 4 members (excludes halogenated alkanes) is 3. The Morgan fingerprint density at radius 3 is 2.60 bits per heavy atom. The molecule has 0 aliphatic rings. The van der Waals surface area contributed by atoms with Crippen LogP contribution in [0.15, 0.2) is 24.3 Å². The molecule has 0 aromatic heterocycles. The van der Waals surface area contributed by atoms with E-state index in [1.807, 2.05) is 19.9 Å². The van der Waals surface area contributed by atoms with Crippen molar-refractivity contribution in [2.45, 2.75) is 52.5 Å². The quantitative estimate of drug-likeness (QED) is 0.389. The summed E-state index contributed by atoms with van der Waals surface area (Å²) in [6, 6.07) is 0.204. The SMILES string of the molecule is CCCCC/C=C/C=C/C(=O)NC(C)C. The third kappa shape index (κ3) is 10.9. The van der Waals surface area contributed by atoms with Gasteiger partial charge in [-0.3, -0.25) is 4.79 Å². The molecule has 0 radical (unpaired) electrons. The highest BCUT2D eigenvalue weighted by molar-refractivity contribution is 5.87. The fraction of sp³-hybridized carbons (Fsp3) is 0.615. The van der Waals surface area contributed by atoms with Crippen LogP contribution in [0.1, 0.15) is 46.5 Å². The second-order valence-electron chi connectivity index (χ2n) is 3.95. The summed E-state index contributed by atoms with van der Waals surface area (Å²) in [5.74, 6) is -0.0248. The fourth-order valence-electron chi connectivity index (χ4n) is 1.16. The number of nitrogens with one attached hydrogen (secondary N) is 1. The number of rotatable bonds is 7. The van der Waals surface area contributed by atoms with E-state index in [2.05, 4.69) is 18.3 Å². The average Bonchev–Trinajstić information content (AvgIpc) is 2.15. The monoisotopic (exact) mass is 209 g/mol. The zero-order chi connectivity index (χ0) is 11.5. The Labute approximate surface area is 93.5 Å². The molecule has 0 bridgehead atoms. The minimum atomic E-state index is -0.0248. The van der Waals surface area contributed by atoms with E-state index in [9.17, 15) is 4.79 Å². The summed E-state index contributed by atoms with van der Waals surface area (Å²) in [7, 11) is 0. The van der Waals surface area contributed by atoms with E-state index in [1.165, 1.54) is 19.3 Å². The van der Waals surface area contributed by atoms with Gasteiger partial charge in [-0.05, 0) is 26.7 Å². The molecule has 0 aliphatic heterocycles. The molecular weight excluding hydrogens is 186 g/mol. The van der Waals surface area contributed by atoms with Crippen molar-refractivity contribution in [3.8, 4) is 0 Å². The lowest BCUT2D eigenvalue weighted by molar-refractivity contribution is -0.116. The van der Waals surface area contributed by atoms with Gasteiger partial charge in [0, 0.05) is 12.1 Å². The van der Waals surface area contributed by atoms with Gasteiger partial charge in [0.1, 0.15) is 0 Å². The van der Waals surface area contributed by atoms with E-state index >= 15 is 0 Å². The van der Waals surface area contributed by atoms with Crippen molar-refractivity contribution in [1.82, 2.24) is 5.32 Å². The van der Waals surface area contributed by atoms with Gasteiger partial charge in [-0.25, -0.2) is 0 Å². The summed E-state index contributed by atoms with van der Waals surface area (Å²) < 4.78 is 0. The molecule has 2 heteroatoms. The standard InChI is InChI=1S/C13H23NO/c1-4-5-6-7-8-9-10-11-13(15)14-12(2)3/h8-12H,4-7H2,1-3H3,(H,14,15)/b9-8+,11-10+. The van der Waals surface area contributed by atoms with Crippen molar-refractivity contribution in [3.63, 3.8) is 0 Å². The van der Waals surface area contributed by atoms with Crippen LogP contribution in [0.4, 0.5) is 0 Å². The molecule has 0 rings (SSSR count). The maximum Gasteiger partial charge on any atom is 0.244 e. The predicted molar refractivity (Wildman–Crippen MR) is 65.7 cm³/mol. The van der Waals surface area contributed by atoms with E-state index in [-0.39, 0.29) is 11.9 Å². The van der Waals surface area contributed by atoms with Gasteiger partial charge in [-0.15, -0.1) is 0 Å². The zero-order valence-corrected chi connectivity index (χ0v) is 10.1. The summed E-state index contributed by atoms with van der Waals surface area (Å²) >= 11 is 0. The molecule has 1 amide bonds. The summed E-state index contributed by atoms with van der Waals surface area (Å²) in [6.45, 7) is 6.10. The molecule has 0 heterocycles. The summed E-state index contributed by atoms with van der Waals surface area (Å²) in [4.78, 5) is 11.2. The maximum absolute atomic E-state index is 11.2. The molecule has 2 nitrogen and oxygen atoms in total. The van der Waals surface area contributed by atoms with Crippen molar-refractivity contribution in [3.05, 3.63) is 24.3 Å². The molecular formula is C13H23NO. The molecule has 0 saturated carbocycles. The van der Waals surface area contributed by atoms with Crippen LogP contribution in [-0.4, -0.2) is 11.9 Å². The van der Waals surface area contributed by atoms with Crippen molar-refractivity contribution in [2.75, 3.05) is 0 Å². The van der Waals surface area contributed by atoms with Gasteiger partial charge >= 0.3 is 0 Å². The third-order valence-electron chi connectivity index (χ3n) is 1.90. The second-order valence-corrected chi connectivity index (χ2v) is 3.95. The molecule has 0 aromatic rings. The molecule has 86 valence electrons. The lowest BCUT2D eigenvalue weighted by Gasteiger charge is -2.03.